The minimum absolute atomic E-state index is 0.494. The lowest BCUT2D eigenvalue weighted by molar-refractivity contribution is -0.0489. The summed E-state index contributed by atoms with van der Waals surface area (Å²) in [4.78, 5) is 0. The van der Waals surface area contributed by atoms with E-state index >= 15 is 0 Å². The Morgan fingerprint density at radius 3 is 2.00 bits per heavy atom. The van der Waals surface area contributed by atoms with Crippen molar-refractivity contribution in [1.29, 1.82) is 0 Å². The van der Waals surface area contributed by atoms with E-state index < -0.39 is 12.3 Å². The molecule has 2 unspecified atom stereocenters. The number of halogens is 1. The Bertz CT molecular complexity index is 47.5. The standard InChI is InChI=1S/C4H6FO/c5-3-1-2-4(3)6/h3-4H,1-2H2. The van der Waals surface area contributed by atoms with Gasteiger partial charge >= 0.3 is 0 Å². The molecule has 0 bridgehead atoms. The van der Waals surface area contributed by atoms with Gasteiger partial charge in [0.15, 0.2) is 0 Å². The van der Waals surface area contributed by atoms with E-state index in [0.29, 0.717) is 12.8 Å². The summed E-state index contributed by atoms with van der Waals surface area (Å²) in [5.74, 6) is 0. The minimum Gasteiger partial charge on any atom is -0.244 e. The van der Waals surface area contributed by atoms with E-state index in [9.17, 15) is 9.50 Å². The Balaban J connectivity index is 2.20. The first-order chi connectivity index (χ1) is 2.80. The molecule has 0 aromatic carbocycles. The Labute approximate surface area is 35.8 Å². The predicted molar refractivity (Wildman–Crippen MR) is 18.6 cm³/mol. The summed E-state index contributed by atoms with van der Waals surface area (Å²) in [5, 5.41) is 9.94. The van der Waals surface area contributed by atoms with Crippen molar-refractivity contribution in [1.82, 2.24) is 0 Å². The average molecular weight is 89.1 g/mol. The van der Waals surface area contributed by atoms with Crippen LogP contribution in [0.3, 0.4) is 0 Å². The van der Waals surface area contributed by atoms with Crippen LogP contribution in [0, 0.1) is 0 Å². The van der Waals surface area contributed by atoms with Crippen LogP contribution < -0.4 is 0 Å². The van der Waals surface area contributed by atoms with Gasteiger partial charge in [0, 0.05) is 0 Å². The summed E-state index contributed by atoms with van der Waals surface area (Å²) in [6.45, 7) is 0. The highest BCUT2D eigenvalue weighted by Crippen LogP contribution is 2.22. The molecule has 0 aliphatic heterocycles. The van der Waals surface area contributed by atoms with Crippen molar-refractivity contribution in [3.8, 4) is 0 Å². The first-order valence-corrected chi connectivity index (χ1v) is 2.10. The van der Waals surface area contributed by atoms with Gasteiger partial charge in [-0.1, -0.05) is 0 Å². The highest BCUT2D eigenvalue weighted by atomic mass is 19.1. The molecule has 1 fully saturated rings. The maximum absolute atomic E-state index is 11.6. The fourth-order valence-electron chi connectivity index (χ4n) is 0.429. The second-order valence-electron chi connectivity index (χ2n) is 1.63. The molecular formula is C4H6FO. The fourth-order valence-corrected chi connectivity index (χ4v) is 0.429. The average Bonchev–Trinajstić information content (AvgIpc) is 1.61. The van der Waals surface area contributed by atoms with Crippen LogP contribution >= 0.6 is 0 Å². The van der Waals surface area contributed by atoms with Crippen LogP contribution in [0.5, 0.6) is 0 Å². The van der Waals surface area contributed by atoms with Crippen LogP contribution in [-0.4, -0.2) is 12.3 Å². The van der Waals surface area contributed by atoms with Gasteiger partial charge in [-0.25, -0.2) is 9.50 Å². The topological polar surface area (TPSA) is 19.9 Å². The molecule has 6 heavy (non-hydrogen) atoms. The van der Waals surface area contributed by atoms with Crippen molar-refractivity contribution < 1.29 is 9.50 Å². The zero-order valence-corrected chi connectivity index (χ0v) is 3.36. The molecule has 0 N–H and O–H groups in total. The molecule has 0 aromatic rings. The van der Waals surface area contributed by atoms with E-state index in [-0.39, 0.29) is 0 Å². The van der Waals surface area contributed by atoms with Crippen LogP contribution in [0.2, 0.25) is 0 Å². The highest BCUT2D eigenvalue weighted by Gasteiger charge is 2.29. The summed E-state index contributed by atoms with van der Waals surface area (Å²) in [7, 11) is 0. The van der Waals surface area contributed by atoms with E-state index in [2.05, 4.69) is 0 Å². The van der Waals surface area contributed by atoms with Gasteiger partial charge in [-0.15, -0.1) is 0 Å². The van der Waals surface area contributed by atoms with Gasteiger partial charge < -0.3 is 0 Å². The maximum Gasteiger partial charge on any atom is 0.129 e. The van der Waals surface area contributed by atoms with Gasteiger partial charge in [-0.05, 0) is 12.8 Å². The molecule has 0 aromatic heterocycles. The van der Waals surface area contributed by atoms with Crippen LogP contribution in [0.15, 0.2) is 0 Å². The molecule has 0 spiro atoms. The minimum atomic E-state index is -1.02. The zero-order valence-electron chi connectivity index (χ0n) is 3.36. The van der Waals surface area contributed by atoms with Gasteiger partial charge in [0.05, 0.1) is 0 Å². The van der Waals surface area contributed by atoms with Crippen molar-refractivity contribution in [2.45, 2.75) is 25.1 Å². The summed E-state index contributed by atoms with van der Waals surface area (Å²) < 4.78 is 11.6. The molecule has 35 valence electrons. The molecule has 1 radical (unpaired) electrons. The zero-order chi connectivity index (χ0) is 4.57. The molecule has 0 amide bonds. The van der Waals surface area contributed by atoms with Crippen molar-refractivity contribution >= 4 is 0 Å². The molecule has 1 aliphatic rings. The summed E-state index contributed by atoms with van der Waals surface area (Å²) in [6.07, 6.45) is -0.870. The van der Waals surface area contributed by atoms with E-state index in [0.717, 1.165) is 0 Å². The third-order valence-corrected chi connectivity index (χ3v) is 1.13. The first-order valence-electron chi connectivity index (χ1n) is 2.10. The first kappa shape index (κ1) is 4.06. The molecule has 2 atom stereocenters. The number of alkyl halides is 1. The SMILES string of the molecule is [O]C1CCC1F. The van der Waals surface area contributed by atoms with E-state index in [1.807, 2.05) is 0 Å². The van der Waals surface area contributed by atoms with Crippen molar-refractivity contribution in [3.05, 3.63) is 0 Å². The largest absolute Gasteiger partial charge is 0.244 e. The lowest BCUT2D eigenvalue weighted by atomic mass is 9.94. The number of hydrogen-bond acceptors (Lipinski definition) is 0. The van der Waals surface area contributed by atoms with Crippen LogP contribution in [0.4, 0.5) is 4.39 Å². The Morgan fingerprint density at radius 2 is 2.00 bits per heavy atom. The van der Waals surface area contributed by atoms with Crippen LogP contribution in [0.1, 0.15) is 12.8 Å². The van der Waals surface area contributed by atoms with Gasteiger partial charge in [0.1, 0.15) is 12.3 Å². The summed E-state index contributed by atoms with van der Waals surface area (Å²) in [6, 6.07) is 0. The summed E-state index contributed by atoms with van der Waals surface area (Å²) in [5.41, 5.74) is 0. The van der Waals surface area contributed by atoms with Crippen LogP contribution in [0.25, 0.3) is 0 Å². The molecule has 0 saturated heterocycles. The van der Waals surface area contributed by atoms with Crippen molar-refractivity contribution in [2.24, 2.45) is 0 Å². The van der Waals surface area contributed by atoms with E-state index in [1.54, 1.807) is 0 Å². The van der Waals surface area contributed by atoms with Crippen molar-refractivity contribution in [2.75, 3.05) is 0 Å². The van der Waals surface area contributed by atoms with Gasteiger partial charge in [0.2, 0.25) is 0 Å². The molecule has 1 aliphatic carbocycles. The van der Waals surface area contributed by atoms with E-state index in [1.165, 1.54) is 0 Å². The normalized spacial score (nSPS) is 45.0. The number of hydrogen-bond donors (Lipinski definition) is 0. The fraction of sp³-hybridized carbons (Fsp3) is 1.00. The molecular weight excluding hydrogens is 83.0 g/mol. The quantitative estimate of drug-likeness (QED) is 0.420. The predicted octanol–water partition coefficient (Wildman–Crippen LogP) is 0.917. The van der Waals surface area contributed by atoms with Gasteiger partial charge in [-0.3, -0.25) is 0 Å². The Kier molecular flexibility index (Phi) is 0.804. The molecule has 2 heteroatoms. The van der Waals surface area contributed by atoms with Crippen LogP contribution in [-0.2, 0) is 5.11 Å². The van der Waals surface area contributed by atoms with Gasteiger partial charge in [-0.2, -0.15) is 0 Å². The molecule has 0 heterocycles. The number of rotatable bonds is 0. The molecule has 1 saturated carbocycles. The Hall–Kier alpha value is -0.110. The second kappa shape index (κ2) is 1.19. The molecule has 1 nitrogen and oxygen atoms in total. The lowest BCUT2D eigenvalue weighted by Gasteiger charge is -2.21. The van der Waals surface area contributed by atoms with Crippen molar-refractivity contribution in [3.63, 3.8) is 0 Å². The maximum atomic E-state index is 11.6. The molecule has 1 rings (SSSR count). The highest BCUT2D eigenvalue weighted by molar-refractivity contribution is 4.78. The Morgan fingerprint density at radius 1 is 1.50 bits per heavy atom. The smallest absolute Gasteiger partial charge is 0.129 e. The monoisotopic (exact) mass is 89.0 g/mol. The third-order valence-electron chi connectivity index (χ3n) is 1.13. The van der Waals surface area contributed by atoms with Gasteiger partial charge in [0.25, 0.3) is 0 Å². The second-order valence-corrected chi connectivity index (χ2v) is 1.63. The summed E-state index contributed by atoms with van der Waals surface area (Å²) >= 11 is 0. The van der Waals surface area contributed by atoms with E-state index in [4.69, 9.17) is 0 Å². The lowest BCUT2D eigenvalue weighted by Crippen LogP contribution is -2.31. The third kappa shape index (κ3) is 0.411.